The van der Waals surface area contributed by atoms with Crippen LogP contribution >= 0.6 is 15.9 Å². The van der Waals surface area contributed by atoms with E-state index in [4.69, 9.17) is 0 Å². The van der Waals surface area contributed by atoms with Crippen LogP contribution < -0.4 is 0 Å². The molecule has 15 heavy (non-hydrogen) atoms. The second kappa shape index (κ2) is 3.77. The van der Waals surface area contributed by atoms with Gasteiger partial charge in [-0.2, -0.15) is 0 Å². The molecule has 1 aromatic heterocycles. The van der Waals surface area contributed by atoms with E-state index in [1.165, 1.54) is 0 Å². The van der Waals surface area contributed by atoms with Gasteiger partial charge in [0.05, 0.1) is 11.0 Å². The normalized spacial score (nSPS) is 11.2. The number of fused-ring (bicyclic) bond motifs is 1. The Labute approximate surface area is 96.2 Å². The van der Waals surface area contributed by atoms with Crippen molar-refractivity contribution in [1.82, 2.24) is 9.55 Å². The van der Waals surface area contributed by atoms with Gasteiger partial charge in [0.2, 0.25) is 0 Å². The van der Waals surface area contributed by atoms with Crippen LogP contribution in [0.4, 0.5) is 0 Å². The summed E-state index contributed by atoms with van der Waals surface area (Å²) in [5.41, 5.74) is 1.84. The minimum atomic E-state index is 0.233. The Morgan fingerprint density at radius 2 is 2.20 bits per heavy atom. The van der Waals surface area contributed by atoms with Crippen LogP contribution in [-0.4, -0.2) is 15.8 Å². The topological polar surface area (TPSA) is 34.9 Å². The summed E-state index contributed by atoms with van der Waals surface area (Å²) in [6.07, 6.45) is 0.800. The molecule has 0 saturated heterocycles. The molecule has 0 aliphatic rings. The van der Waals surface area contributed by atoms with Gasteiger partial charge in [-0.05, 0) is 32.0 Å². The van der Waals surface area contributed by atoms with Crippen LogP contribution in [0.5, 0.6) is 0 Å². The Hall–Kier alpha value is -1.16. The van der Waals surface area contributed by atoms with Crippen molar-refractivity contribution in [1.29, 1.82) is 0 Å². The molecular formula is C11H11BrN2O. The molecule has 0 N–H and O–H groups in total. The molecule has 0 aliphatic heterocycles. The summed E-state index contributed by atoms with van der Waals surface area (Å²) in [5, 5.41) is 0. The Morgan fingerprint density at radius 1 is 1.47 bits per heavy atom. The zero-order valence-electron chi connectivity index (χ0n) is 8.57. The largest absolute Gasteiger partial charge is 0.319 e. The van der Waals surface area contributed by atoms with Gasteiger partial charge in [0, 0.05) is 10.5 Å². The van der Waals surface area contributed by atoms with Crippen molar-refractivity contribution in [2.45, 2.75) is 19.9 Å². The van der Waals surface area contributed by atoms with Gasteiger partial charge in [-0.3, -0.25) is 4.79 Å². The zero-order chi connectivity index (χ0) is 11.0. The second-order valence-corrected chi connectivity index (χ2v) is 4.60. The standard InChI is InChI=1S/C11H11BrN2O/c1-7(2)14-10-4-3-8(12)5-9(10)13-11(14)6-15/h3-7H,1-2H3. The van der Waals surface area contributed by atoms with Crippen LogP contribution in [0.1, 0.15) is 30.5 Å². The van der Waals surface area contributed by atoms with Crippen molar-refractivity contribution in [3.8, 4) is 0 Å². The van der Waals surface area contributed by atoms with Crippen LogP contribution in [0.25, 0.3) is 11.0 Å². The summed E-state index contributed by atoms with van der Waals surface area (Å²) in [5.74, 6) is 0.484. The van der Waals surface area contributed by atoms with Crippen LogP contribution in [0, 0.1) is 0 Å². The number of rotatable bonds is 2. The molecular weight excluding hydrogens is 256 g/mol. The maximum absolute atomic E-state index is 10.9. The molecule has 1 heterocycles. The Bertz CT molecular complexity index is 517. The highest BCUT2D eigenvalue weighted by molar-refractivity contribution is 9.10. The molecule has 1 aromatic carbocycles. The molecule has 0 aliphatic carbocycles. The number of aldehydes is 1. The van der Waals surface area contributed by atoms with E-state index in [1.807, 2.05) is 36.6 Å². The van der Waals surface area contributed by atoms with Crippen molar-refractivity contribution in [3.05, 3.63) is 28.5 Å². The third-order valence-electron chi connectivity index (χ3n) is 2.30. The first-order valence-electron chi connectivity index (χ1n) is 4.76. The van der Waals surface area contributed by atoms with Gasteiger partial charge >= 0.3 is 0 Å². The van der Waals surface area contributed by atoms with E-state index < -0.39 is 0 Å². The average molecular weight is 267 g/mol. The quantitative estimate of drug-likeness (QED) is 0.783. The molecule has 0 spiro atoms. The van der Waals surface area contributed by atoms with Gasteiger partial charge in [-0.25, -0.2) is 4.98 Å². The van der Waals surface area contributed by atoms with Crippen LogP contribution in [-0.2, 0) is 0 Å². The van der Waals surface area contributed by atoms with Crippen molar-refractivity contribution >= 4 is 33.2 Å². The fourth-order valence-corrected chi connectivity index (χ4v) is 2.07. The minimum Gasteiger partial charge on any atom is -0.319 e. The third-order valence-corrected chi connectivity index (χ3v) is 2.79. The number of imidazole rings is 1. The van der Waals surface area contributed by atoms with Crippen molar-refractivity contribution in [3.63, 3.8) is 0 Å². The smallest absolute Gasteiger partial charge is 0.185 e. The van der Waals surface area contributed by atoms with E-state index in [0.29, 0.717) is 5.82 Å². The zero-order valence-corrected chi connectivity index (χ0v) is 10.2. The van der Waals surface area contributed by atoms with Crippen molar-refractivity contribution in [2.24, 2.45) is 0 Å². The summed E-state index contributed by atoms with van der Waals surface area (Å²) in [7, 11) is 0. The highest BCUT2D eigenvalue weighted by atomic mass is 79.9. The van der Waals surface area contributed by atoms with E-state index in [2.05, 4.69) is 20.9 Å². The summed E-state index contributed by atoms with van der Waals surface area (Å²) < 4.78 is 2.91. The third kappa shape index (κ3) is 1.69. The second-order valence-electron chi connectivity index (χ2n) is 3.68. The number of halogens is 1. The molecule has 4 heteroatoms. The molecule has 0 radical (unpaired) electrons. The lowest BCUT2D eigenvalue weighted by atomic mass is 10.3. The first kappa shape index (κ1) is 10.4. The number of hydrogen-bond acceptors (Lipinski definition) is 2. The van der Waals surface area contributed by atoms with Gasteiger partial charge in [-0.15, -0.1) is 0 Å². The van der Waals surface area contributed by atoms with Gasteiger partial charge < -0.3 is 4.57 Å². The molecule has 2 aromatic rings. The van der Waals surface area contributed by atoms with E-state index >= 15 is 0 Å². The molecule has 0 atom stereocenters. The summed E-state index contributed by atoms with van der Waals surface area (Å²) in [6.45, 7) is 4.08. The number of benzene rings is 1. The van der Waals surface area contributed by atoms with Gasteiger partial charge in [0.1, 0.15) is 0 Å². The van der Waals surface area contributed by atoms with Gasteiger partial charge in [0.25, 0.3) is 0 Å². The molecule has 0 amide bonds. The van der Waals surface area contributed by atoms with E-state index in [0.717, 1.165) is 21.8 Å². The number of carbonyl (C=O) groups is 1. The van der Waals surface area contributed by atoms with E-state index in [9.17, 15) is 4.79 Å². The lowest BCUT2D eigenvalue weighted by molar-refractivity contribution is 0.111. The SMILES string of the molecule is CC(C)n1c(C=O)nc2cc(Br)ccc21. The number of nitrogens with zero attached hydrogens (tertiary/aromatic N) is 2. The molecule has 2 rings (SSSR count). The summed E-state index contributed by atoms with van der Waals surface area (Å²) in [4.78, 5) is 15.2. The average Bonchev–Trinajstić information content (AvgIpc) is 2.54. The maximum Gasteiger partial charge on any atom is 0.185 e. The monoisotopic (exact) mass is 266 g/mol. The predicted octanol–water partition coefficient (Wildman–Crippen LogP) is 3.19. The molecule has 0 unspecified atom stereocenters. The van der Waals surface area contributed by atoms with Crippen LogP contribution in [0.2, 0.25) is 0 Å². The van der Waals surface area contributed by atoms with E-state index in [1.54, 1.807) is 0 Å². The highest BCUT2D eigenvalue weighted by Gasteiger charge is 2.12. The molecule has 78 valence electrons. The maximum atomic E-state index is 10.9. The Morgan fingerprint density at radius 3 is 2.80 bits per heavy atom. The van der Waals surface area contributed by atoms with Gasteiger partial charge in [0.15, 0.2) is 12.1 Å². The fraction of sp³-hybridized carbons (Fsp3) is 0.273. The Balaban J connectivity index is 2.80. The lowest BCUT2D eigenvalue weighted by Crippen LogP contribution is -2.05. The number of aromatic nitrogens is 2. The Kier molecular flexibility index (Phi) is 2.61. The van der Waals surface area contributed by atoms with Crippen molar-refractivity contribution < 1.29 is 4.79 Å². The van der Waals surface area contributed by atoms with Crippen molar-refractivity contribution in [2.75, 3.05) is 0 Å². The van der Waals surface area contributed by atoms with Crippen LogP contribution in [0.15, 0.2) is 22.7 Å². The van der Waals surface area contributed by atoms with Gasteiger partial charge in [-0.1, -0.05) is 15.9 Å². The number of carbonyl (C=O) groups excluding carboxylic acids is 1. The highest BCUT2D eigenvalue weighted by Crippen LogP contribution is 2.23. The first-order chi connectivity index (χ1) is 7.13. The fourth-order valence-electron chi connectivity index (χ4n) is 1.72. The molecule has 0 saturated carbocycles. The molecule has 3 nitrogen and oxygen atoms in total. The molecule has 0 bridgehead atoms. The van der Waals surface area contributed by atoms with E-state index in [-0.39, 0.29) is 6.04 Å². The predicted molar refractivity (Wildman–Crippen MR) is 63.2 cm³/mol. The molecule has 0 fully saturated rings. The van der Waals surface area contributed by atoms with Crippen LogP contribution in [0.3, 0.4) is 0 Å². The minimum absolute atomic E-state index is 0.233. The summed E-state index contributed by atoms with van der Waals surface area (Å²) >= 11 is 3.39. The first-order valence-corrected chi connectivity index (χ1v) is 5.55. The lowest BCUT2D eigenvalue weighted by Gasteiger charge is -2.09. The summed E-state index contributed by atoms with van der Waals surface area (Å²) in [6, 6.07) is 6.08. The number of hydrogen-bond donors (Lipinski definition) is 0.